The smallest absolute Gasteiger partial charge is 0.307 e. The van der Waals surface area contributed by atoms with Gasteiger partial charge < -0.3 is 10.0 Å². The Bertz CT molecular complexity index is 333. The Morgan fingerprint density at radius 1 is 1.37 bits per heavy atom. The van der Waals surface area contributed by atoms with Crippen LogP contribution in [0.15, 0.2) is 0 Å². The highest BCUT2D eigenvalue weighted by atomic mass is 16.4. The van der Waals surface area contributed by atoms with Crippen LogP contribution < -0.4 is 0 Å². The second kappa shape index (κ2) is 6.89. The van der Waals surface area contributed by atoms with Crippen LogP contribution >= 0.6 is 0 Å². The fourth-order valence-electron chi connectivity index (χ4n) is 2.70. The van der Waals surface area contributed by atoms with Crippen molar-refractivity contribution in [2.75, 3.05) is 26.7 Å². The van der Waals surface area contributed by atoms with E-state index in [1.807, 2.05) is 0 Å². The van der Waals surface area contributed by atoms with Gasteiger partial charge in [-0.25, -0.2) is 0 Å². The average Bonchev–Trinajstić information content (AvgIpc) is 2.82. The minimum Gasteiger partial charge on any atom is -0.481 e. The Hall–Kier alpha value is -1.10. The first-order chi connectivity index (χ1) is 8.88. The molecule has 0 radical (unpaired) electrons. The second-order valence-corrected chi connectivity index (χ2v) is 5.56. The molecule has 0 aromatic carbocycles. The number of nitrogens with zero attached hydrogens (tertiary/aromatic N) is 2. The molecule has 0 bridgehead atoms. The molecule has 5 nitrogen and oxygen atoms in total. The van der Waals surface area contributed by atoms with E-state index in [1.54, 1.807) is 25.8 Å². The number of hydrogen-bond acceptors (Lipinski definition) is 3. The number of rotatable bonds is 6. The number of amides is 1. The van der Waals surface area contributed by atoms with Crippen molar-refractivity contribution < 1.29 is 14.7 Å². The van der Waals surface area contributed by atoms with Crippen molar-refractivity contribution in [3.05, 3.63) is 0 Å². The number of hydrogen-bond donors (Lipinski definition) is 1. The first kappa shape index (κ1) is 16.0. The summed E-state index contributed by atoms with van der Waals surface area (Å²) in [6, 6.07) is 0.422. The molecule has 3 unspecified atom stereocenters. The molecule has 19 heavy (non-hydrogen) atoms. The van der Waals surface area contributed by atoms with E-state index in [2.05, 4.69) is 11.8 Å². The molecule has 0 aromatic rings. The molecule has 1 fully saturated rings. The van der Waals surface area contributed by atoms with E-state index >= 15 is 0 Å². The highest BCUT2D eigenvalue weighted by molar-refractivity contribution is 5.84. The van der Waals surface area contributed by atoms with Gasteiger partial charge >= 0.3 is 5.97 Å². The molecular weight excluding hydrogens is 244 g/mol. The van der Waals surface area contributed by atoms with Crippen LogP contribution in [0.25, 0.3) is 0 Å². The van der Waals surface area contributed by atoms with Gasteiger partial charge in [-0.2, -0.15) is 0 Å². The molecule has 1 saturated heterocycles. The van der Waals surface area contributed by atoms with Crippen molar-refractivity contribution >= 4 is 11.9 Å². The van der Waals surface area contributed by atoms with Gasteiger partial charge in [-0.05, 0) is 25.9 Å². The van der Waals surface area contributed by atoms with Gasteiger partial charge in [-0.1, -0.05) is 20.8 Å². The van der Waals surface area contributed by atoms with Crippen molar-refractivity contribution in [3.8, 4) is 0 Å². The minimum atomic E-state index is -0.912. The van der Waals surface area contributed by atoms with E-state index in [-0.39, 0.29) is 5.91 Å². The first-order valence-electron chi connectivity index (χ1n) is 7.10. The van der Waals surface area contributed by atoms with E-state index < -0.39 is 17.8 Å². The number of likely N-dealkylation sites (tertiary alicyclic amines) is 1. The quantitative estimate of drug-likeness (QED) is 0.790. The summed E-state index contributed by atoms with van der Waals surface area (Å²) in [5.74, 6) is -2.09. The van der Waals surface area contributed by atoms with Crippen molar-refractivity contribution in [1.29, 1.82) is 0 Å². The van der Waals surface area contributed by atoms with Crippen LogP contribution in [0.4, 0.5) is 0 Å². The fourth-order valence-corrected chi connectivity index (χ4v) is 2.70. The van der Waals surface area contributed by atoms with Crippen molar-refractivity contribution in [1.82, 2.24) is 9.80 Å². The number of carbonyl (C=O) groups is 2. The van der Waals surface area contributed by atoms with E-state index in [4.69, 9.17) is 5.11 Å². The summed E-state index contributed by atoms with van der Waals surface area (Å²) in [5.41, 5.74) is 0. The molecule has 0 spiro atoms. The number of likely N-dealkylation sites (N-methyl/N-ethyl adjacent to an activating group) is 2. The van der Waals surface area contributed by atoms with Gasteiger partial charge in [0.25, 0.3) is 0 Å². The van der Waals surface area contributed by atoms with Gasteiger partial charge in [-0.3, -0.25) is 14.5 Å². The molecule has 5 heteroatoms. The van der Waals surface area contributed by atoms with Crippen LogP contribution in [0.3, 0.4) is 0 Å². The zero-order chi connectivity index (χ0) is 14.6. The molecule has 0 aromatic heterocycles. The lowest BCUT2D eigenvalue weighted by Gasteiger charge is -2.30. The Balaban J connectivity index is 2.55. The van der Waals surface area contributed by atoms with Crippen LogP contribution in [0.2, 0.25) is 0 Å². The lowest BCUT2D eigenvalue weighted by molar-refractivity contribution is -0.148. The highest BCUT2D eigenvalue weighted by Gasteiger charge is 2.31. The third-order valence-corrected chi connectivity index (χ3v) is 4.30. The summed E-state index contributed by atoms with van der Waals surface area (Å²) in [4.78, 5) is 27.2. The summed E-state index contributed by atoms with van der Waals surface area (Å²) >= 11 is 0. The van der Waals surface area contributed by atoms with Gasteiger partial charge in [0, 0.05) is 25.6 Å². The largest absolute Gasteiger partial charge is 0.481 e. The zero-order valence-corrected chi connectivity index (χ0v) is 12.4. The number of aliphatic carboxylic acids is 1. The molecule has 1 heterocycles. The summed E-state index contributed by atoms with van der Waals surface area (Å²) < 4.78 is 0. The topological polar surface area (TPSA) is 60.9 Å². The van der Waals surface area contributed by atoms with Crippen molar-refractivity contribution in [2.45, 2.75) is 39.7 Å². The Kier molecular flexibility index (Phi) is 5.79. The van der Waals surface area contributed by atoms with E-state index in [0.29, 0.717) is 12.6 Å². The van der Waals surface area contributed by atoms with E-state index in [0.717, 1.165) is 19.5 Å². The van der Waals surface area contributed by atoms with Gasteiger partial charge in [-0.15, -0.1) is 0 Å². The molecule has 3 atom stereocenters. The molecule has 110 valence electrons. The van der Waals surface area contributed by atoms with Crippen LogP contribution in [0.1, 0.15) is 33.6 Å². The van der Waals surface area contributed by atoms with Gasteiger partial charge in [0.15, 0.2) is 0 Å². The molecule has 0 aliphatic carbocycles. The van der Waals surface area contributed by atoms with E-state index in [9.17, 15) is 9.59 Å². The van der Waals surface area contributed by atoms with Gasteiger partial charge in [0.05, 0.1) is 5.92 Å². The maximum atomic E-state index is 12.2. The Morgan fingerprint density at radius 2 is 2.00 bits per heavy atom. The molecule has 0 saturated carbocycles. The predicted octanol–water partition coefficient (Wildman–Crippen LogP) is 1.29. The molecule has 1 aliphatic heterocycles. The molecule has 1 rings (SSSR count). The van der Waals surface area contributed by atoms with Crippen molar-refractivity contribution in [2.24, 2.45) is 11.8 Å². The standard InChI is InChI=1S/C14H26N2O3/c1-5-16-8-6-7-12(16)9-15(4)13(17)10(2)11(3)14(18)19/h10-12H,5-9H2,1-4H3,(H,18,19). The fraction of sp³-hybridized carbons (Fsp3) is 0.857. The Labute approximate surface area is 115 Å². The lowest BCUT2D eigenvalue weighted by atomic mass is 9.94. The van der Waals surface area contributed by atoms with Crippen LogP contribution in [-0.4, -0.2) is 59.5 Å². The predicted molar refractivity (Wildman–Crippen MR) is 73.9 cm³/mol. The Morgan fingerprint density at radius 3 is 2.53 bits per heavy atom. The lowest BCUT2D eigenvalue weighted by Crippen LogP contribution is -2.44. The average molecular weight is 270 g/mol. The minimum absolute atomic E-state index is 0.0714. The maximum absolute atomic E-state index is 12.2. The van der Waals surface area contributed by atoms with Crippen molar-refractivity contribution in [3.63, 3.8) is 0 Å². The van der Waals surface area contributed by atoms with Crippen LogP contribution in [0, 0.1) is 11.8 Å². The molecule has 1 aliphatic rings. The normalized spacial score (nSPS) is 23.1. The van der Waals surface area contributed by atoms with E-state index in [1.165, 1.54) is 6.42 Å². The number of carboxylic acids is 1. The number of carboxylic acid groups (broad SMARTS) is 1. The summed E-state index contributed by atoms with van der Waals surface area (Å²) in [7, 11) is 1.78. The third kappa shape index (κ3) is 3.93. The summed E-state index contributed by atoms with van der Waals surface area (Å²) in [6.07, 6.45) is 2.30. The maximum Gasteiger partial charge on any atom is 0.307 e. The summed E-state index contributed by atoms with van der Waals surface area (Å²) in [5, 5.41) is 8.97. The molecular formula is C14H26N2O3. The highest BCUT2D eigenvalue weighted by Crippen LogP contribution is 2.19. The zero-order valence-electron chi connectivity index (χ0n) is 12.4. The van der Waals surface area contributed by atoms with Gasteiger partial charge in [0.1, 0.15) is 0 Å². The molecule has 1 amide bonds. The van der Waals surface area contributed by atoms with Crippen LogP contribution in [-0.2, 0) is 9.59 Å². The monoisotopic (exact) mass is 270 g/mol. The molecule has 1 N–H and O–H groups in total. The van der Waals surface area contributed by atoms with Crippen LogP contribution in [0.5, 0.6) is 0 Å². The summed E-state index contributed by atoms with van der Waals surface area (Å²) in [6.45, 7) is 8.23. The first-order valence-corrected chi connectivity index (χ1v) is 7.10. The third-order valence-electron chi connectivity index (χ3n) is 4.30. The van der Waals surface area contributed by atoms with Gasteiger partial charge in [0.2, 0.25) is 5.91 Å². The SMILES string of the molecule is CCN1CCCC1CN(C)C(=O)C(C)C(C)C(=O)O. The number of carbonyl (C=O) groups excluding carboxylic acids is 1. The second-order valence-electron chi connectivity index (χ2n) is 5.56.